The van der Waals surface area contributed by atoms with Gasteiger partial charge in [0.25, 0.3) is 5.91 Å². The van der Waals surface area contributed by atoms with Gasteiger partial charge in [0.15, 0.2) is 0 Å². The molecule has 0 saturated carbocycles. The van der Waals surface area contributed by atoms with Gasteiger partial charge in [-0.3, -0.25) is 4.79 Å². The van der Waals surface area contributed by atoms with E-state index in [1.54, 1.807) is 42.5 Å². The molecule has 0 aliphatic rings. The fourth-order valence-corrected chi connectivity index (χ4v) is 2.46. The van der Waals surface area contributed by atoms with Gasteiger partial charge < -0.3 is 10.1 Å². The van der Waals surface area contributed by atoms with E-state index in [0.717, 1.165) is 0 Å². The van der Waals surface area contributed by atoms with Gasteiger partial charge >= 0.3 is 0 Å². The number of halogens is 1. The first-order valence-electron chi connectivity index (χ1n) is 7.50. The van der Waals surface area contributed by atoms with Crippen molar-refractivity contribution in [3.8, 4) is 17.6 Å². The van der Waals surface area contributed by atoms with Crippen LogP contribution in [0.3, 0.4) is 0 Å². The summed E-state index contributed by atoms with van der Waals surface area (Å²) < 4.78 is 5.80. The Morgan fingerprint density at radius 3 is 2.44 bits per heavy atom. The predicted octanol–water partition coefficient (Wildman–Crippen LogP) is 5.26. The van der Waals surface area contributed by atoms with E-state index < -0.39 is 0 Å². The van der Waals surface area contributed by atoms with Gasteiger partial charge in [0.05, 0.1) is 16.1 Å². The lowest BCUT2D eigenvalue weighted by Gasteiger charge is -2.11. The van der Waals surface area contributed by atoms with Gasteiger partial charge in [0, 0.05) is 5.69 Å². The van der Waals surface area contributed by atoms with Crippen LogP contribution < -0.4 is 10.1 Å². The minimum absolute atomic E-state index is 0.286. The van der Waals surface area contributed by atoms with Crippen LogP contribution >= 0.6 is 11.6 Å². The van der Waals surface area contributed by atoms with Gasteiger partial charge in [-0.1, -0.05) is 41.9 Å². The molecule has 0 aliphatic carbocycles. The largest absolute Gasteiger partial charge is 0.457 e. The molecule has 122 valence electrons. The number of benzene rings is 3. The van der Waals surface area contributed by atoms with Gasteiger partial charge in [-0.2, -0.15) is 5.26 Å². The van der Waals surface area contributed by atoms with E-state index in [1.165, 1.54) is 0 Å². The number of para-hydroxylation sites is 2. The lowest BCUT2D eigenvalue weighted by molar-refractivity contribution is 0.102. The minimum Gasteiger partial charge on any atom is -0.457 e. The third-order valence-electron chi connectivity index (χ3n) is 3.45. The van der Waals surface area contributed by atoms with Crippen molar-refractivity contribution in [1.29, 1.82) is 5.26 Å². The first kappa shape index (κ1) is 16.6. The molecular formula is C20H13ClN2O2. The van der Waals surface area contributed by atoms with Crippen LogP contribution in [0, 0.1) is 11.3 Å². The lowest BCUT2D eigenvalue weighted by atomic mass is 10.1. The molecule has 3 aromatic carbocycles. The molecule has 0 atom stereocenters. The Labute approximate surface area is 150 Å². The summed E-state index contributed by atoms with van der Waals surface area (Å²) in [6, 6.07) is 22.9. The van der Waals surface area contributed by atoms with Crippen LogP contribution in [0.2, 0.25) is 5.02 Å². The van der Waals surface area contributed by atoms with Crippen LogP contribution in [-0.2, 0) is 0 Å². The Hall–Kier alpha value is -3.29. The molecule has 25 heavy (non-hydrogen) atoms. The topological polar surface area (TPSA) is 62.1 Å². The molecule has 3 rings (SSSR count). The molecule has 1 amide bonds. The third kappa shape index (κ3) is 3.97. The second-order valence-corrected chi connectivity index (χ2v) is 5.58. The van der Waals surface area contributed by atoms with Gasteiger partial charge in [-0.05, 0) is 42.5 Å². The fraction of sp³-hybridized carbons (Fsp3) is 0. The van der Waals surface area contributed by atoms with Crippen molar-refractivity contribution in [3.05, 3.63) is 88.9 Å². The zero-order chi connectivity index (χ0) is 17.6. The molecule has 0 aliphatic heterocycles. The van der Waals surface area contributed by atoms with E-state index in [4.69, 9.17) is 21.6 Å². The second-order valence-electron chi connectivity index (χ2n) is 5.17. The minimum atomic E-state index is -0.327. The highest BCUT2D eigenvalue weighted by atomic mass is 35.5. The number of ether oxygens (including phenoxy) is 1. The number of rotatable bonds is 4. The summed E-state index contributed by atoms with van der Waals surface area (Å²) in [4.78, 5) is 12.6. The van der Waals surface area contributed by atoms with Crippen molar-refractivity contribution >= 4 is 23.2 Å². The summed E-state index contributed by atoms with van der Waals surface area (Å²) in [6.07, 6.45) is 0. The van der Waals surface area contributed by atoms with Gasteiger partial charge in [0.2, 0.25) is 0 Å². The van der Waals surface area contributed by atoms with Crippen molar-refractivity contribution in [2.45, 2.75) is 0 Å². The summed E-state index contributed by atoms with van der Waals surface area (Å²) in [5, 5.41) is 12.0. The number of hydrogen-bond donors (Lipinski definition) is 1. The zero-order valence-electron chi connectivity index (χ0n) is 13.1. The number of nitrogens with zero attached hydrogens (tertiary/aromatic N) is 1. The fourth-order valence-electron chi connectivity index (χ4n) is 2.24. The Bertz CT molecular complexity index is 949. The molecule has 0 aromatic heterocycles. The highest BCUT2D eigenvalue weighted by Gasteiger charge is 2.13. The standard InChI is InChI=1S/C20H13ClN2O2/c21-18-12-15(11-10-14(18)13-22)23-20(24)17-8-4-5-9-19(17)25-16-6-2-1-3-7-16/h1-12H,(H,23,24). The quantitative estimate of drug-likeness (QED) is 0.699. The van der Waals surface area contributed by atoms with Crippen LogP contribution in [0.15, 0.2) is 72.8 Å². The summed E-state index contributed by atoms with van der Waals surface area (Å²) in [5.74, 6) is 0.766. The van der Waals surface area contributed by atoms with Crippen LogP contribution in [0.25, 0.3) is 0 Å². The third-order valence-corrected chi connectivity index (χ3v) is 3.76. The Balaban J connectivity index is 1.83. The van der Waals surface area contributed by atoms with Crippen LogP contribution in [0.5, 0.6) is 11.5 Å². The summed E-state index contributed by atoms with van der Waals surface area (Å²) in [5.41, 5.74) is 1.25. The van der Waals surface area contributed by atoms with Crippen molar-refractivity contribution in [2.24, 2.45) is 0 Å². The average molecular weight is 349 g/mol. The van der Waals surface area contributed by atoms with E-state index in [1.807, 2.05) is 36.4 Å². The zero-order valence-corrected chi connectivity index (χ0v) is 13.8. The van der Waals surface area contributed by atoms with Crippen LogP contribution in [0.1, 0.15) is 15.9 Å². The number of anilines is 1. The number of carbonyl (C=O) groups excluding carboxylic acids is 1. The van der Waals surface area contributed by atoms with E-state index >= 15 is 0 Å². The predicted molar refractivity (Wildman–Crippen MR) is 97.1 cm³/mol. The Morgan fingerprint density at radius 1 is 1.00 bits per heavy atom. The molecule has 0 fully saturated rings. The molecule has 0 heterocycles. The van der Waals surface area contributed by atoms with Crippen LogP contribution in [-0.4, -0.2) is 5.91 Å². The highest BCUT2D eigenvalue weighted by Crippen LogP contribution is 2.26. The Kier molecular flexibility index (Phi) is 4.98. The van der Waals surface area contributed by atoms with E-state index in [9.17, 15) is 4.79 Å². The number of nitriles is 1. The van der Waals surface area contributed by atoms with E-state index in [2.05, 4.69) is 5.32 Å². The Morgan fingerprint density at radius 2 is 1.72 bits per heavy atom. The van der Waals surface area contributed by atoms with Gasteiger partial charge in [-0.15, -0.1) is 0 Å². The number of hydrogen-bond acceptors (Lipinski definition) is 3. The molecule has 3 aromatic rings. The molecule has 0 bridgehead atoms. The monoisotopic (exact) mass is 348 g/mol. The van der Waals surface area contributed by atoms with Crippen molar-refractivity contribution < 1.29 is 9.53 Å². The summed E-state index contributed by atoms with van der Waals surface area (Å²) in [6.45, 7) is 0. The first-order chi connectivity index (χ1) is 12.2. The maximum atomic E-state index is 12.6. The van der Waals surface area contributed by atoms with Crippen molar-refractivity contribution in [2.75, 3.05) is 5.32 Å². The van der Waals surface area contributed by atoms with Crippen molar-refractivity contribution in [1.82, 2.24) is 0 Å². The van der Waals surface area contributed by atoms with E-state index in [-0.39, 0.29) is 10.9 Å². The normalized spacial score (nSPS) is 9.92. The van der Waals surface area contributed by atoms with Gasteiger partial charge in [0.1, 0.15) is 17.6 Å². The smallest absolute Gasteiger partial charge is 0.259 e. The number of nitrogens with one attached hydrogen (secondary N) is 1. The van der Waals surface area contributed by atoms with E-state index in [0.29, 0.717) is 28.3 Å². The number of amides is 1. The van der Waals surface area contributed by atoms with Crippen molar-refractivity contribution in [3.63, 3.8) is 0 Å². The SMILES string of the molecule is N#Cc1ccc(NC(=O)c2ccccc2Oc2ccccc2)cc1Cl. The average Bonchev–Trinajstić information content (AvgIpc) is 2.63. The molecule has 5 heteroatoms. The maximum absolute atomic E-state index is 12.6. The second kappa shape index (κ2) is 7.52. The summed E-state index contributed by atoms with van der Waals surface area (Å²) in [7, 11) is 0. The molecule has 0 saturated heterocycles. The summed E-state index contributed by atoms with van der Waals surface area (Å²) >= 11 is 6.00. The van der Waals surface area contributed by atoms with Gasteiger partial charge in [-0.25, -0.2) is 0 Å². The lowest BCUT2D eigenvalue weighted by Crippen LogP contribution is -2.13. The molecular weight excluding hydrogens is 336 g/mol. The number of carbonyl (C=O) groups is 1. The maximum Gasteiger partial charge on any atom is 0.259 e. The highest BCUT2D eigenvalue weighted by molar-refractivity contribution is 6.32. The molecule has 1 N–H and O–H groups in total. The molecule has 4 nitrogen and oxygen atoms in total. The molecule has 0 unspecified atom stereocenters. The molecule has 0 radical (unpaired) electrons. The first-order valence-corrected chi connectivity index (χ1v) is 7.88. The molecule has 0 spiro atoms. The van der Waals surface area contributed by atoms with Crippen LogP contribution in [0.4, 0.5) is 5.69 Å².